The predicted octanol–water partition coefficient (Wildman–Crippen LogP) is 17.3. The molecule has 6 nitrogen and oxygen atoms in total. The van der Waals surface area contributed by atoms with Gasteiger partial charge in [0.25, 0.3) is 0 Å². The number of aliphatic carboxylic acids is 3. The van der Waals surface area contributed by atoms with Crippen LogP contribution in [0, 0.1) is 0 Å². The molecule has 7 heteroatoms. The summed E-state index contributed by atoms with van der Waals surface area (Å²) in [6.45, 7) is 4.29. The van der Waals surface area contributed by atoms with Crippen LogP contribution in [0.15, 0.2) is 12.7 Å². The van der Waals surface area contributed by atoms with Crippen molar-refractivity contribution in [2.45, 2.75) is 294 Å². The SMILES string of the molecule is C=CC[Si](CCCCCCCCCCCCCCCC(=O)O)(CCCCCCCCCCCCCCCC(=O)O)CCCCCCCCCCCCCCCC(=O)O. The highest BCUT2D eigenvalue weighted by atomic mass is 28.3. The van der Waals surface area contributed by atoms with Crippen molar-refractivity contribution in [1.82, 2.24) is 0 Å². The second kappa shape index (κ2) is 44.9. The van der Waals surface area contributed by atoms with Gasteiger partial charge in [-0.05, 0) is 25.3 Å². The van der Waals surface area contributed by atoms with Gasteiger partial charge in [0, 0.05) is 19.3 Å². The largest absolute Gasteiger partial charge is 0.481 e. The topological polar surface area (TPSA) is 112 Å². The van der Waals surface area contributed by atoms with Crippen molar-refractivity contribution in [2.24, 2.45) is 0 Å². The van der Waals surface area contributed by atoms with Crippen LogP contribution in [0.1, 0.15) is 270 Å². The first-order valence-corrected chi connectivity index (χ1v) is 28.4. The molecule has 0 rings (SSSR count). The van der Waals surface area contributed by atoms with Gasteiger partial charge in [-0.25, -0.2) is 0 Å². The average Bonchev–Trinajstić information content (AvgIpc) is 3.19. The third-order valence-electron chi connectivity index (χ3n) is 12.9. The zero-order valence-corrected chi connectivity index (χ0v) is 39.4. The van der Waals surface area contributed by atoms with E-state index in [1.54, 1.807) is 0 Å². The molecule has 0 saturated carbocycles. The number of hydrogen-bond donors (Lipinski definition) is 3. The number of carboxylic acids is 3. The first kappa shape index (κ1) is 56.4. The molecule has 0 fully saturated rings. The Hall–Kier alpha value is -1.63. The molecule has 0 unspecified atom stereocenters. The molecule has 0 amide bonds. The quantitative estimate of drug-likeness (QED) is 0.0320. The molecular formula is C51H98O6Si. The molecule has 0 saturated heterocycles. The lowest BCUT2D eigenvalue weighted by molar-refractivity contribution is -0.138. The van der Waals surface area contributed by atoms with E-state index in [0.717, 1.165) is 38.5 Å². The lowest BCUT2D eigenvalue weighted by atomic mass is 10.0. The Morgan fingerprint density at radius 2 is 0.448 bits per heavy atom. The molecule has 0 bridgehead atoms. The first-order valence-electron chi connectivity index (χ1n) is 25.6. The molecule has 0 aliphatic heterocycles. The van der Waals surface area contributed by atoms with Crippen LogP contribution in [-0.2, 0) is 14.4 Å². The molecule has 0 atom stereocenters. The van der Waals surface area contributed by atoms with Crippen LogP contribution in [0.3, 0.4) is 0 Å². The summed E-state index contributed by atoms with van der Waals surface area (Å²) in [5.41, 5.74) is 0. The third-order valence-corrected chi connectivity index (χ3v) is 18.3. The summed E-state index contributed by atoms with van der Waals surface area (Å²) in [6.07, 6.45) is 53.6. The van der Waals surface area contributed by atoms with E-state index < -0.39 is 26.0 Å². The fourth-order valence-electron chi connectivity index (χ4n) is 9.15. The Morgan fingerprint density at radius 3 is 0.603 bits per heavy atom. The van der Waals surface area contributed by atoms with E-state index in [1.807, 2.05) is 0 Å². The number of allylic oxidation sites excluding steroid dienone is 1. The van der Waals surface area contributed by atoms with Crippen molar-refractivity contribution in [1.29, 1.82) is 0 Å². The monoisotopic (exact) mass is 835 g/mol. The van der Waals surface area contributed by atoms with E-state index in [1.165, 1.54) is 236 Å². The molecule has 0 aromatic carbocycles. The van der Waals surface area contributed by atoms with E-state index in [0.29, 0.717) is 19.3 Å². The maximum Gasteiger partial charge on any atom is 0.303 e. The smallest absolute Gasteiger partial charge is 0.303 e. The summed E-state index contributed by atoms with van der Waals surface area (Å²) in [6, 6.07) is 5.88. The Morgan fingerprint density at radius 1 is 0.293 bits per heavy atom. The maximum absolute atomic E-state index is 10.6. The van der Waals surface area contributed by atoms with Crippen LogP contribution >= 0.6 is 0 Å². The van der Waals surface area contributed by atoms with Gasteiger partial charge in [0.1, 0.15) is 0 Å². The number of rotatable bonds is 50. The highest BCUT2D eigenvalue weighted by molar-refractivity contribution is 6.80. The van der Waals surface area contributed by atoms with Crippen LogP contribution in [0.5, 0.6) is 0 Å². The lowest BCUT2D eigenvalue weighted by Gasteiger charge is -2.32. The minimum atomic E-state index is -1.33. The second-order valence-corrected chi connectivity index (χ2v) is 23.4. The van der Waals surface area contributed by atoms with Gasteiger partial charge in [-0.2, -0.15) is 0 Å². The molecule has 0 aromatic rings. The molecule has 0 aromatic heterocycles. The second-order valence-electron chi connectivity index (χ2n) is 18.5. The normalized spacial score (nSPS) is 11.7. The van der Waals surface area contributed by atoms with Crippen LogP contribution in [0.4, 0.5) is 0 Å². The summed E-state index contributed by atoms with van der Waals surface area (Å²) < 4.78 is 0. The maximum atomic E-state index is 10.6. The summed E-state index contributed by atoms with van der Waals surface area (Å²) in [5, 5.41) is 26.3. The van der Waals surface area contributed by atoms with Crippen molar-refractivity contribution in [3.63, 3.8) is 0 Å². The number of carbonyl (C=O) groups is 3. The molecule has 0 heterocycles. The highest BCUT2D eigenvalue weighted by Crippen LogP contribution is 2.34. The fraction of sp³-hybridized carbons (Fsp3) is 0.902. The average molecular weight is 835 g/mol. The molecular weight excluding hydrogens is 737 g/mol. The van der Waals surface area contributed by atoms with Crippen LogP contribution in [0.2, 0.25) is 24.2 Å². The lowest BCUT2D eigenvalue weighted by Crippen LogP contribution is -2.33. The molecule has 58 heavy (non-hydrogen) atoms. The molecule has 0 spiro atoms. The summed E-state index contributed by atoms with van der Waals surface area (Å²) >= 11 is 0. The van der Waals surface area contributed by atoms with Gasteiger partial charge in [-0.3, -0.25) is 14.4 Å². The summed E-state index contributed by atoms with van der Waals surface area (Å²) in [7, 11) is -1.33. The van der Waals surface area contributed by atoms with Gasteiger partial charge >= 0.3 is 17.9 Å². The number of hydrogen-bond acceptors (Lipinski definition) is 3. The Kier molecular flexibility index (Phi) is 43.6. The molecule has 0 aliphatic carbocycles. The Balaban J connectivity index is 4.34. The van der Waals surface area contributed by atoms with Gasteiger partial charge in [0.15, 0.2) is 0 Å². The van der Waals surface area contributed by atoms with Crippen LogP contribution in [-0.4, -0.2) is 41.3 Å². The predicted molar refractivity (Wildman–Crippen MR) is 252 cm³/mol. The van der Waals surface area contributed by atoms with Crippen LogP contribution < -0.4 is 0 Å². The van der Waals surface area contributed by atoms with E-state index >= 15 is 0 Å². The minimum absolute atomic E-state index is 0.326. The first-order chi connectivity index (χ1) is 28.3. The van der Waals surface area contributed by atoms with Gasteiger partial charge in [-0.1, -0.05) is 255 Å². The standard InChI is InChI=1S/C51H98O6Si/c1-2-45-58(46-39-33-27-21-15-9-3-6-12-18-24-30-36-42-49(52)53,47-40-34-28-22-16-10-4-7-13-19-25-31-37-43-50(54)55)48-41-35-29-23-17-11-5-8-14-20-26-32-38-44-51(56)57/h2H,1,3-48H2,(H,52,53)(H,54,55)(H,56,57). The van der Waals surface area contributed by atoms with Crippen molar-refractivity contribution in [3.8, 4) is 0 Å². The van der Waals surface area contributed by atoms with Gasteiger partial charge < -0.3 is 15.3 Å². The third kappa shape index (κ3) is 43.9. The minimum Gasteiger partial charge on any atom is -0.481 e. The molecule has 342 valence electrons. The Labute approximate surface area is 361 Å². The number of carboxylic acid groups (broad SMARTS) is 3. The van der Waals surface area contributed by atoms with Gasteiger partial charge in [0.05, 0.1) is 8.07 Å². The molecule has 0 radical (unpaired) electrons. The van der Waals surface area contributed by atoms with Crippen molar-refractivity contribution in [2.75, 3.05) is 0 Å². The zero-order valence-electron chi connectivity index (χ0n) is 38.4. The van der Waals surface area contributed by atoms with E-state index in [-0.39, 0.29) is 0 Å². The van der Waals surface area contributed by atoms with Crippen LogP contribution in [0.25, 0.3) is 0 Å². The van der Waals surface area contributed by atoms with E-state index in [4.69, 9.17) is 15.3 Å². The molecule has 0 aliphatic rings. The summed E-state index contributed by atoms with van der Waals surface area (Å²) in [4.78, 5) is 31.9. The Bertz CT molecular complexity index is 815. The van der Waals surface area contributed by atoms with E-state index in [9.17, 15) is 14.4 Å². The fourth-order valence-corrected chi connectivity index (χ4v) is 14.1. The van der Waals surface area contributed by atoms with Crippen molar-refractivity contribution >= 4 is 26.0 Å². The highest BCUT2D eigenvalue weighted by Gasteiger charge is 2.29. The molecule has 3 N–H and O–H groups in total. The van der Waals surface area contributed by atoms with Crippen molar-refractivity contribution < 1.29 is 29.7 Å². The van der Waals surface area contributed by atoms with Gasteiger partial charge in [-0.15, -0.1) is 6.58 Å². The van der Waals surface area contributed by atoms with Gasteiger partial charge in [0.2, 0.25) is 0 Å². The van der Waals surface area contributed by atoms with Crippen molar-refractivity contribution in [3.05, 3.63) is 12.7 Å². The summed E-state index contributed by atoms with van der Waals surface area (Å²) in [5.74, 6) is -1.98. The number of unbranched alkanes of at least 4 members (excludes halogenated alkanes) is 36. The zero-order chi connectivity index (χ0) is 42.5. The van der Waals surface area contributed by atoms with E-state index in [2.05, 4.69) is 12.7 Å².